The topological polar surface area (TPSA) is 75.6 Å². The summed E-state index contributed by atoms with van der Waals surface area (Å²) in [5, 5.41) is 13.9. The molecule has 0 spiro atoms. The van der Waals surface area contributed by atoms with E-state index in [0.717, 1.165) is 11.5 Å². The van der Waals surface area contributed by atoms with Gasteiger partial charge in [-0.05, 0) is 29.7 Å². The molecule has 0 radical (unpaired) electrons. The maximum Gasteiger partial charge on any atom is 0.342 e. The molecule has 0 aromatic heterocycles. The van der Waals surface area contributed by atoms with Gasteiger partial charge in [-0.15, -0.1) is 0 Å². The van der Waals surface area contributed by atoms with Gasteiger partial charge in [-0.1, -0.05) is 36.4 Å². The highest BCUT2D eigenvalue weighted by Gasteiger charge is 2.16. The predicted octanol–water partition coefficient (Wildman–Crippen LogP) is 3.48. The van der Waals surface area contributed by atoms with Gasteiger partial charge in [-0.3, -0.25) is 4.79 Å². The number of amides is 1. The molecular formula is C19H14FNO4. The Labute approximate surface area is 142 Å². The van der Waals surface area contributed by atoms with E-state index < -0.39 is 24.3 Å². The van der Waals surface area contributed by atoms with Crippen LogP contribution in [0.1, 0.15) is 10.4 Å². The molecule has 1 amide bonds. The zero-order valence-electron chi connectivity index (χ0n) is 13.0. The fourth-order valence-electron chi connectivity index (χ4n) is 2.39. The van der Waals surface area contributed by atoms with Crippen molar-refractivity contribution in [3.05, 3.63) is 72.0 Å². The average Bonchev–Trinajstić information content (AvgIpc) is 2.60. The Morgan fingerprint density at radius 1 is 1.04 bits per heavy atom. The number of ether oxygens (including phenoxy) is 1. The number of halogens is 1. The van der Waals surface area contributed by atoms with Crippen molar-refractivity contribution >= 4 is 28.3 Å². The van der Waals surface area contributed by atoms with Crippen molar-refractivity contribution < 1.29 is 23.8 Å². The first-order chi connectivity index (χ1) is 12.0. The van der Waals surface area contributed by atoms with Crippen LogP contribution in [0.5, 0.6) is 5.75 Å². The third-order valence-electron chi connectivity index (χ3n) is 3.56. The van der Waals surface area contributed by atoms with Crippen molar-refractivity contribution in [3.8, 4) is 5.75 Å². The lowest BCUT2D eigenvalue weighted by Crippen LogP contribution is -2.21. The highest BCUT2D eigenvalue weighted by atomic mass is 19.1. The van der Waals surface area contributed by atoms with E-state index in [1.807, 2.05) is 6.07 Å². The Bertz CT molecular complexity index is 955. The minimum absolute atomic E-state index is 0.0303. The Hall–Kier alpha value is -3.41. The van der Waals surface area contributed by atoms with Crippen molar-refractivity contribution in [2.24, 2.45) is 0 Å². The lowest BCUT2D eigenvalue weighted by Gasteiger charge is -2.09. The van der Waals surface area contributed by atoms with Crippen molar-refractivity contribution in [2.75, 3.05) is 11.9 Å². The zero-order valence-corrected chi connectivity index (χ0v) is 13.0. The predicted molar refractivity (Wildman–Crippen MR) is 90.9 cm³/mol. The Morgan fingerprint density at radius 2 is 1.84 bits per heavy atom. The van der Waals surface area contributed by atoms with E-state index >= 15 is 0 Å². The van der Waals surface area contributed by atoms with Crippen LogP contribution >= 0.6 is 0 Å². The lowest BCUT2D eigenvalue weighted by atomic mass is 10.1. The molecule has 5 nitrogen and oxygen atoms in total. The third-order valence-corrected chi connectivity index (χ3v) is 3.56. The second kappa shape index (κ2) is 7.00. The van der Waals surface area contributed by atoms with E-state index in [9.17, 15) is 19.1 Å². The SMILES string of the molecule is O=C(COC(=O)c1ccc2ccccc2c1O)Nc1cccc(F)c1. The number of phenols is 1. The Kier molecular flexibility index (Phi) is 4.61. The first-order valence-corrected chi connectivity index (χ1v) is 7.48. The van der Waals surface area contributed by atoms with Gasteiger partial charge in [-0.2, -0.15) is 0 Å². The molecule has 0 aliphatic carbocycles. The molecule has 0 fully saturated rings. The molecule has 2 N–H and O–H groups in total. The number of rotatable bonds is 4. The van der Waals surface area contributed by atoms with Crippen LogP contribution in [0.3, 0.4) is 0 Å². The smallest absolute Gasteiger partial charge is 0.342 e. The summed E-state index contributed by atoms with van der Waals surface area (Å²) < 4.78 is 18.0. The Balaban J connectivity index is 1.66. The second-order valence-corrected chi connectivity index (χ2v) is 5.32. The summed E-state index contributed by atoms with van der Waals surface area (Å²) in [6.45, 7) is -0.554. The summed E-state index contributed by atoms with van der Waals surface area (Å²) in [7, 11) is 0. The molecule has 0 saturated carbocycles. The first-order valence-electron chi connectivity index (χ1n) is 7.48. The Morgan fingerprint density at radius 3 is 2.64 bits per heavy atom. The average molecular weight is 339 g/mol. The van der Waals surface area contributed by atoms with Crippen molar-refractivity contribution in [3.63, 3.8) is 0 Å². The molecule has 0 unspecified atom stereocenters. The number of benzene rings is 3. The lowest BCUT2D eigenvalue weighted by molar-refractivity contribution is -0.119. The van der Waals surface area contributed by atoms with E-state index in [-0.39, 0.29) is 17.0 Å². The van der Waals surface area contributed by atoms with Gasteiger partial charge < -0.3 is 15.2 Å². The number of fused-ring (bicyclic) bond motifs is 1. The molecular weight excluding hydrogens is 325 g/mol. The van der Waals surface area contributed by atoms with E-state index in [4.69, 9.17) is 4.74 Å². The molecule has 6 heteroatoms. The van der Waals surface area contributed by atoms with Crippen molar-refractivity contribution in [1.82, 2.24) is 0 Å². The molecule has 3 rings (SSSR count). The maximum absolute atomic E-state index is 13.1. The number of anilines is 1. The van der Waals surface area contributed by atoms with E-state index in [0.29, 0.717) is 5.39 Å². The van der Waals surface area contributed by atoms with Gasteiger partial charge in [0.05, 0.1) is 0 Å². The molecule has 126 valence electrons. The summed E-state index contributed by atoms with van der Waals surface area (Å²) in [6, 6.07) is 15.5. The number of carbonyl (C=O) groups excluding carboxylic acids is 2. The van der Waals surface area contributed by atoms with Crippen LogP contribution in [0.25, 0.3) is 10.8 Å². The zero-order chi connectivity index (χ0) is 17.8. The fraction of sp³-hybridized carbons (Fsp3) is 0.0526. The van der Waals surface area contributed by atoms with E-state index in [1.165, 1.54) is 24.3 Å². The quantitative estimate of drug-likeness (QED) is 0.714. The maximum atomic E-state index is 13.1. The molecule has 0 bridgehead atoms. The van der Waals surface area contributed by atoms with Gasteiger partial charge in [0.15, 0.2) is 6.61 Å². The summed E-state index contributed by atoms with van der Waals surface area (Å²) in [6.07, 6.45) is 0. The number of nitrogens with one attached hydrogen (secondary N) is 1. The molecule has 0 aliphatic rings. The van der Waals surface area contributed by atoms with E-state index in [2.05, 4.69) is 5.32 Å². The molecule has 0 saturated heterocycles. The minimum atomic E-state index is -0.822. The number of aromatic hydroxyl groups is 1. The van der Waals surface area contributed by atoms with Crippen molar-refractivity contribution in [2.45, 2.75) is 0 Å². The first kappa shape index (κ1) is 16.4. The van der Waals surface area contributed by atoms with E-state index in [1.54, 1.807) is 24.3 Å². The number of carbonyl (C=O) groups is 2. The minimum Gasteiger partial charge on any atom is -0.506 e. The largest absolute Gasteiger partial charge is 0.506 e. The van der Waals surface area contributed by atoms with Gasteiger partial charge in [0.2, 0.25) is 0 Å². The highest BCUT2D eigenvalue weighted by molar-refractivity contribution is 6.02. The fourth-order valence-corrected chi connectivity index (χ4v) is 2.39. The van der Waals surface area contributed by atoms with Gasteiger partial charge >= 0.3 is 5.97 Å². The van der Waals surface area contributed by atoms with Crippen LogP contribution in [0.15, 0.2) is 60.7 Å². The van der Waals surface area contributed by atoms with Gasteiger partial charge in [-0.25, -0.2) is 9.18 Å². The van der Waals surface area contributed by atoms with Crippen LogP contribution in [-0.4, -0.2) is 23.6 Å². The van der Waals surface area contributed by atoms with Gasteiger partial charge in [0, 0.05) is 11.1 Å². The third kappa shape index (κ3) is 3.74. The van der Waals surface area contributed by atoms with Crippen LogP contribution in [0.2, 0.25) is 0 Å². The molecule has 0 heterocycles. The molecule has 0 atom stereocenters. The summed E-state index contributed by atoms with van der Waals surface area (Å²) in [4.78, 5) is 23.9. The molecule has 3 aromatic carbocycles. The summed E-state index contributed by atoms with van der Waals surface area (Å²) >= 11 is 0. The number of hydrogen-bond donors (Lipinski definition) is 2. The van der Waals surface area contributed by atoms with Crippen LogP contribution in [0.4, 0.5) is 10.1 Å². The van der Waals surface area contributed by atoms with Crippen LogP contribution in [0, 0.1) is 5.82 Å². The van der Waals surface area contributed by atoms with Crippen molar-refractivity contribution in [1.29, 1.82) is 0 Å². The second-order valence-electron chi connectivity index (χ2n) is 5.32. The summed E-state index contributed by atoms with van der Waals surface area (Å²) in [5.41, 5.74) is 0.229. The van der Waals surface area contributed by atoms with Gasteiger partial charge in [0.1, 0.15) is 17.1 Å². The number of esters is 1. The normalized spacial score (nSPS) is 10.4. The molecule has 25 heavy (non-hydrogen) atoms. The standard InChI is InChI=1S/C19H14FNO4/c20-13-5-3-6-14(10-13)21-17(22)11-25-19(24)16-9-8-12-4-1-2-7-15(12)18(16)23/h1-10,23H,11H2,(H,21,22). The highest BCUT2D eigenvalue weighted by Crippen LogP contribution is 2.28. The summed E-state index contributed by atoms with van der Waals surface area (Å²) in [5.74, 6) is -2.12. The number of hydrogen-bond acceptors (Lipinski definition) is 4. The van der Waals surface area contributed by atoms with Crippen LogP contribution in [-0.2, 0) is 9.53 Å². The van der Waals surface area contributed by atoms with Gasteiger partial charge in [0.25, 0.3) is 5.91 Å². The van der Waals surface area contributed by atoms with Crippen LogP contribution < -0.4 is 5.32 Å². The number of phenolic OH excluding ortho intramolecular Hbond substituents is 1. The molecule has 3 aromatic rings. The molecule has 0 aliphatic heterocycles. The monoisotopic (exact) mass is 339 g/mol.